The first-order chi connectivity index (χ1) is 12.6. The molecule has 0 spiro atoms. The van der Waals surface area contributed by atoms with Crippen LogP contribution >= 0.6 is 35.0 Å². The van der Waals surface area contributed by atoms with Crippen molar-refractivity contribution in [1.29, 1.82) is 0 Å². The number of amides is 1. The molecule has 0 radical (unpaired) electrons. The molecule has 0 aliphatic heterocycles. The molecule has 6 nitrogen and oxygen atoms in total. The molecule has 134 valence electrons. The SMILES string of the molecule is O=C(CSc1nnnn1-c1cccc(Cl)c1)NCCc1cccc(Cl)c1. The van der Waals surface area contributed by atoms with Crippen LogP contribution < -0.4 is 5.32 Å². The third-order valence-electron chi connectivity index (χ3n) is 3.45. The Morgan fingerprint density at radius 3 is 2.65 bits per heavy atom. The van der Waals surface area contributed by atoms with Crippen molar-refractivity contribution in [2.45, 2.75) is 11.6 Å². The van der Waals surface area contributed by atoms with E-state index in [-0.39, 0.29) is 11.7 Å². The normalized spacial score (nSPS) is 10.7. The topological polar surface area (TPSA) is 72.7 Å². The Bertz CT molecular complexity index is 902. The fourth-order valence-corrected chi connectivity index (χ4v) is 3.38. The smallest absolute Gasteiger partial charge is 0.230 e. The minimum atomic E-state index is -0.0855. The van der Waals surface area contributed by atoms with E-state index >= 15 is 0 Å². The van der Waals surface area contributed by atoms with Crippen LogP contribution in [0.4, 0.5) is 0 Å². The molecule has 0 atom stereocenters. The number of carbonyl (C=O) groups is 1. The summed E-state index contributed by atoms with van der Waals surface area (Å²) in [4.78, 5) is 12.0. The van der Waals surface area contributed by atoms with Crippen molar-refractivity contribution < 1.29 is 4.79 Å². The van der Waals surface area contributed by atoms with Gasteiger partial charge < -0.3 is 5.32 Å². The van der Waals surface area contributed by atoms with E-state index in [9.17, 15) is 4.79 Å². The van der Waals surface area contributed by atoms with Gasteiger partial charge in [0.05, 0.1) is 11.4 Å². The van der Waals surface area contributed by atoms with Gasteiger partial charge in [-0.3, -0.25) is 4.79 Å². The van der Waals surface area contributed by atoms with Gasteiger partial charge in [-0.15, -0.1) is 5.10 Å². The van der Waals surface area contributed by atoms with E-state index in [1.54, 1.807) is 16.8 Å². The molecule has 9 heteroatoms. The minimum absolute atomic E-state index is 0.0855. The molecule has 3 rings (SSSR count). The fraction of sp³-hybridized carbons (Fsp3) is 0.176. The van der Waals surface area contributed by atoms with Crippen LogP contribution in [0.3, 0.4) is 0 Å². The van der Waals surface area contributed by atoms with Crippen LogP contribution in [-0.4, -0.2) is 38.4 Å². The Kier molecular flexibility index (Phi) is 6.49. The lowest BCUT2D eigenvalue weighted by atomic mass is 10.1. The number of benzene rings is 2. The predicted octanol–water partition coefficient (Wildman–Crippen LogP) is 3.42. The molecule has 1 N–H and O–H groups in total. The second-order valence-electron chi connectivity index (χ2n) is 5.37. The Morgan fingerprint density at radius 1 is 1.12 bits per heavy atom. The number of hydrogen-bond donors (Lipinski definition) is 1. The number of tetrazole rings is 1. The molecule has 0 unspecified atom stereocenters. The molecule has 0 aliphatic carbocycles. The number of nitrogens with zero attached hydrogens (tertiary/aromatic N) is 4. The summed E-state index contributed by atoms with van der Waals surface area (Å²) in [5.41, 5.74) is 1.82. The van der Waals surface area contributed by atoms with Crippen LogP contribution in [0, 0.1) is 0 Å². The molecule has 0 aliphatic rings. The lowest BCUT2D eigenvalue weighted by molar-refractivity contribution is -0.118. The van der Waals surface area contributed by atoms with Gasteiger partial charge in [-0.05, 0) is 52.7 Å². The van der Waals surface area contributed by atoms with Crippen LogP contribution in [0.15, 0.2) is 53.7 Å². The summed E-state index contributed by atoms with van der Waals surface area (Å²) in [6.45, 7) is 0.541. The van der Waals surface area contributed by atoms with Gasteiger partial charge in [-0.2, -0.15) is 4.68 Å². The number of rotatable bonds is 7. The minimum Gasteiger partial charge on any atom is -0.355 e. The summed E-state index contributed by atoms with van der Waals surface area (Å²) in [5, 5.41) is 16.3. The molecule has 0 saturated heterocycles. The van der Waals surface area contributed by atoms with Gasteiger partial charge in [0.15, 0.2) is 0 Å². The molecule has 0 bridgehead atoms. The van der Waals surface area contributed by atoms with E-state index in [2.05, 4.69) is 20.8 Å². The van der Waals surface area contributed by atoms with Crippen LogP contribution in [0.1, 0.15) is 5.56 Å². The summed E-state index contributed by atoms with van der Waals surface area (Å²) in [5.74, 6) is 0.133. The van der Waals surface area contributed by atoms with Gasteiger partial charge in [0.25, 0.3) is 0 Å². The maximum absolute atomic E-state index is 12.0. The Labute approximate surface area is 164 Å². The summed E-state index contributed by atoms with van der Waals surface area (Å²) < 4.78 is 1.55. The Balaban J connectivity index is 1.50. The molecule has 1 heterocycles. The van der Waals surface area contributed by atoms with E-state index in [0.29, 0.717) is 21.7 Å². The highest BCUT2D eigenvalue weighted by Crippen LogP contribution is 2.20. The van der Waals surface area contributed by atoms with Gasteiger partial charge >= 0.3 is 0 Å². The quantitative estimate of drug-likeness (QED) is 0.607. The highest BCUT2D eigenvalue weighted by atomic mass is 35.5. The molecule has 1 aromatic heterocycles. The second kappa shape index (κ2) is 9.02. The number of nitrogens with one attached hydrogen (secondary N) is 1. The number of thioether (sulfide) groups is 1. The summed E-state index contributed by atoms with van der Waals surface area (Å²) in [7, 11) is 0. The summed E-state index contributed by atoms with van der Waals surface area (Å²) in [6.07, 6.45) is 0.719. The van der Waals surface area contributed by atoms with Crippen LogP contribution in [-0.2, 0) is 11.2 Å². The monoisotopic (exact) mass is 407 g/mol. The largest absolute Gasteiger partial charge is 0.355 e. The van der Waals surface area contributed by atoms with Gasteiger partial charge in [-0.25, -0.2) is 0 Å². The first-order valence-corrected chi connectivity index (χ1v) is 9.54. The van der Waals surface area contributed by atoms with E-state index in [4.69, 9.17) is 23.2 Å². The summed E-state index contributed by atoms with van der Waals surface area (Å²) >= 11 is 13.2. The van der Waals surface area contributed by atoms with Gasteiger partial charge in [0.1, 0.15) is 0 Å². The standard InChI is InChI=1S/C17H15Cl2N5OS/c18-13-4-1-3-12(9-13)7-8-20-16(25)11-26-17-21-22-23-24(17)15-6-2-5-14(19)10-15/h1-6,9-10H,7-8,11H2,(H,20,25). The molecule has 3 aromatic rings. The van der Waals surface area contributed by atoms with Crippen molar-refractivity contribution in [3.8, 4) is 5.69 Å². The maximum atomic E-state index is 12.0. The van der Waals surface area contributed by atoms with E-state index in [0.717, 1.165) is 17.7 Å². The molecule has 26 heavy (non-hydrogen) atoms. The lowest BCUT2D eigenvalue weighted by Crippen LogP contribution is -2.27. The molecule has 2 aromatic carbocycles. The van der Waals surface area contributed by atoms with Crippen LogP contribution in [0.25, 0.3) is 5.69 Å². The van der Waals surface area contributed by atoms with Gasteiger partial charge in [0, 0.05) is 16.6 Å². The summed E-state index contributed by atoms with van der Waals surface area (Å²) in [6, 6.07) is 14.8. The average Bonchev–Trinajstić information content (AvgIpc) is 3.09. The predicted molar refractivity (Wildman–Crippen MR) is 103 cm³/mol. The van der Waals surface area contributed by atoms with E-state index < -0.39 is 0 Å². The molecular weight excluding hydrogens is 393 g/mol. The van der Waals surface area contributed by atoms with E-state index in [1.165, 1.54) is 11.8 Å². The van der Waals surface area contributed by atoms with Crippen molar-refractivity contribution in [1.82, 2.24) is 25.5 Å². The zero-order chi connectivity index (χ0) is 18.4. The Morgan fingerprint density at radius 2 is 1.88 bits per heavy atom. The molecule has 0 saturated carbocycles. The fourth-order valence-electron chi connectivity index (χ4n) is 2.26. The van der Waals surface area contributed by atoms with Crippen molar-refractivity contribution in [3.05, 3.63) is 64.1 Å². The third kappa shape index (κ3) is 5.20. The number of hydrogen-bond acceptors (Lipinski definition) is 5. The zero-order valence-electron chi connectivity index (χ0n) is 13.6. The average molecular weight is 408 g/mol. The van der Waals surface area contributed by atoms with E-state index in [1.807, 2.05) is 36.4 Å². The third-order valence-corrected chi connectivity index (χ3v) is 4.84. The first kappa shape index (κ1) is 18.7. The van der Waals surface area contributed by atoms with Crippen LogP contribution in [0.5, 0.6) is 0 Å². The first-order valence-electron chi connectivity index (χ1n) is 7.80. The number of aromatic nitrogens is 4. The highest BCUT2D eigenvalue weighted by molar-refractivity contribution is 7.99. The van der Waals surface area contributed by atoms with Gasteiger partial charge in [-0.1, -0.05) is 53.2 Å². The van der Waals surface area contributed by atoms with Crippen molar-refractivity contribution in [2.75, 3.05) is 12.3 Å². The number of halogens is 2. The zero-order valence-corrected chi connectivity index (χ0v) is 15.9. The van der Waals surface area contributed by atoms with Crippen LogP contribution in [0.2, 0.25) is 10.0 Å². The lowest BCUT2D eigenvalue weighted by Gasteiger charge is -2.06. The van der Waals surface area contributed by atoms with Crippen molar-refractivity contribution >= 4 is 40.9 Å². The highest BCUT2D eigenvalue weighted by Gasteiger charge is 2.11. The Hall–Kier alpha value is -2.09. The molecular formula is C17H15Cl2N5OS. The second-order valence-corrected chi connectivity index (χ2v) is 7.19. The molecule has 1 amide bonds. The number of carbonyl (C=O) groups excluding carboxylic acids is 1. The van der Waals surface area contributed by atoms with Gasteiger partial charge in [0.2, 0.25) is 11.1 Å². The van der Waals surface area contributed by atoms with Crippen molar-refractivity contribution in [2.24, 2.45) is 0 Å². The van der Waals surface area contributed by atoms with Crippen molar-refractivity contribution in [3.63, 3.8) is 0 Å². The molecule has 0 fully saturated rings. The maximum Gasteiger partial charge on any atom is 0.230 e.